The Balaban J connectivity index is 0.000000198. The van der Waals surface area contributed by atoms with Gasteiger partial charge in [-0.25, -0.2) is 4.79 Å². The van der Waals surface area contributed by atoms with Crippen molar-refractivity contribution in [2.75, 3.05) is 12.3 Å². The van der Waals surface area contributed by atoms with Gasteiger partial charge in [0.2, 0.25) is 0 Å². The summed E-state index contributed by atoms with van der Waals surface area (Å²) in [5, 5.41) is 1.04. The number of esters is 1. The molecular formula is C19H17Cl2N3O3. The molecular weight excluding hydrogens is 389 g/mol. The van der Waals surface area contributed by atoms with Crippen LogP contribution in [0, 0.1) is 0 Å². The zero-order valence-corrected chi connectivity index (χ0v) is 16.0. The molecule has 0 radical (unpaired) electrons. The van der Waals surface area contributed by atoms with Gasteiger partial charge in [-0.1, -0.05) is 23.2 Å². The van der Waals surface area contributed by atoms with Crippen LogP contribution in [-0.4, -0.2) is 28.3 Å². The molecule has 1 aliphatic carbocycles. The number of ketones is 1. The van der Waals surface area contributed by atoms with Gasteiger partial charge >= 0.3 is 5.97 Å². The first kappa shape index (κ1) is 20.6. The molecule has 2 aromatic heterocycles. The smallest absolute Gasteiger partial charge is 0.330 e. The number of carbonyl (C=O) groups excluding carboxylic acids is 2. The lowest BCUT2D eigenvalue weighted by molar-refractivity contribution is -0.137. The van der Waals surface area contributed by atoms with Crippen molar-refractivity contribution in [2.45, 2.75) is 13.3 Å². The fourth-order valence-electron chi connectivity index (χ4n) is 2.14. The maximum atomic E-state index is 11.0. The molecule has 8 heteroatoms. The third-order valence-electron chi connectivity index (χ3n) is 3.34. The Labute approximate surface area is 166 Å². The first-order chi connectivity index (χ1) is 12.9. The summed E-state index contributed by atoms with van der Waals surface area (Å²) in [6.45, 7) is 2.08. The zero-order chi connectivity index (χ0) is 19.8. The Kier molecular flexibility index (Phi) is 7.52. The highest BCUT2D eigenvalue weighted by Gasteiger charge is 2.11. The van der Waals surface area contributed by atoms with Gasteiger partial charge in [-0.2, -0.15) is 0 Å². The molecule has 0 amide bonds. The largest absolute Gasteiger partial charge is 0.463 e. The van der Waals surface area contributed by atoms with Crippen LogP contribution in [0.5, 0.6) is 0 Å². The molecule has 27 heavy (non-hydrogen) atoms. The number of rotatable bonds is 3. The maximum Gasteiger partial charge on any atom is 0.330 e. The number of allylic oxidation sites excluding steroid dienone is 1. The number of hydrogen-bond donors (Lipinski definition) is 1. The molecule has 0 aromatic carbocycles. The van der Waals surface area contributed by atoms with Crippen LogP contribution in [-0.2, 0) is 20.7 Å². The number of fused-ring (bicyclic) bond motifs is 1. The fraction of sp³-hybridized carbons (Fsp3) is 0.158. The SMILES string of the molecule is CCOC(=O)/C=C/c1ncc(Cl)cc1N.O=C1C=Cc2ncc(Cl)cc2C1. The highest BCUT2D eigenvalue weighted by atomic mass is 35.5. The summed E-state index contributed by atoms with van der Waals surface area (Å²) in [7, 11) is 0. The van der Waals surface area contributed by atoms with E-state index in [-0.39, 0.29) is 5.78 Å². The summed E-state index contributed by atoms with van der Waals surface area (Å²) in [4.78, 5) is 30.0. The normalized spacial score (nSPS) is 12.3. The second kappa shape index (κ2) is 9.85. The van der Waals surface area contributed by atoms with Crippen molar-refractivity contribution in [1.82, 2.24) is 9.97 Å². The van der Waals surface area contributed by atoms with Crippen molar-refractivity contribution in [1.29, 1.82) is 0 Å². The van der Waals surface area contributed by atoms with Crippen molar-refractivity contribution >= 4 is 52.8 Å². The quantitative estimate of drug-likeness (QED) is 0.616. The second-order valence-electron chi connectivity index (χ2n) is 5.39. The summed E-state index contributed by atoms with van der Waals surface area (Å²) in [6.07, 6.45) is 9.49. The van der Waals surface area contributed by atoms with Crippen molar-refractivity contribution < 1.29 is 14.3 Å². The monoisotopic (exact) mass is 405 g/mol. The van der Waals surface area contributed by atoms with Crippen LogP contribution in [0.1, 0.15) is 23.9 Å². The molecule has 1 aliphatic rings. The summed E-state index contributed by atoms with van der Waals surface area (Å²) >= 11 is 11.4. The van der Waals surface area contributed by atoms with Gasteiger partial charge < -0.3 is 10.5 Å². The number of carbonyl (C=O) groups is 2. The number of hydrogen-bond acceptors (Lipinski definition) is 6. The molecule has 140 valence electrons. The van der Waals surface area contributed by atoms with Gasteiger partial charge in [-0.3, -0.25) is 14.8 Å². The Morgan fingerprint density at radius 1 is 1.22 bits per heavy atom. The first-order valence-electron chi connectivity index (χ1n) is 8.00. The number of nitrogen functional groups attached to an aromatic ring is 1. The first-order valence-corrected chi connectivity index (χ1v) is 8.75. The molecule has 0 bridgehead atoms. The molecule has 0 aliphatic heterocycles. The lowest BCUT2D eigenvalue weighted by atomic mass is 10.0. The Morgan fingerprint density at radius 3 is 2.63 bits per heavy atom. The van der Waals surface area contributed by atoms with E-state index in [1.165, 1.54) is 18.3 Å². The van der Waals surface area contributed by atoms with E-state index in [9.17, 15) is 9.59 Å². The average molecular weight is 406 g/mol. The molecule has 2 N–H and O–H groups in total. The van der Waals surface area contributed by atoms with E-state index in [4.69, 9.17) is 33.7 Å². The van der Waals surface area contributed by atoms with Crippen molar-refractivity contribution in [3.05, 3.63) is 63.7 Å². The van der Waals surface area contributed by atoms with E-state index < -0.39 is 5.97 Å². The minimum Gasteiger partial charge on any atom is -0.463 e. The predicted molar refractivity (Wildman–Crippen MR) is 106 cm³/mol. The number of anilines is 1. The summed E-state index contributed by atoms with van der Waals surface area (Å²) in [5.41, 5.74) is 8.30. The van der Waals surface area contributed by atoms with E-state index in [1.54, 1.807) is 37.4 Å². The third kappa shape index (κ3) is 6.51. The van der Waals surface area contributed by atoms with Crippen LogP contribution in [0.4, 0.5) is 5.69 Å². The summed E-state index contributed by atoms with van der Waals surface area (Å²) in [6, 6.07) is 3.35. The van der Waals surface area contributed by atoms with Gasteiger partial charge in [-0.05, 0) is 42.8 Å². The number of halogens is 2. The lowest BCUT2D eigenvalue weighted by Gasteiger charge is -2.07. The summed E-state index contributed by atoms with van der Waals surface area (Å²) < 4.78 is 4.71. The van der Waals surface area contributed by atoms with Crippen LogP contribution in [0.3, 0.4) is 0 Å². The van der Waals surface area contributed by atoms with Gasteiger partial charge in [0.15, 0.2) is 5.78 Å². The minimum absolute atomic E-state index is 0.103. The van der Waals surface area contributed by atoms with Crippen LogP contribution < -0.4 is 5.73 Å². The maximum absolute atomic E-state index is 11.0. The van der Waals surface area contributed by atoms with Crippen molar-refractivity contribution in [2.24, 2.45) is 0 Å². The van der Waals surface area contributed by atoms with Gasteiger partial charge in [0.1, 0.15) is 0 Å². The highest BCUT2D eigenvalue weighted by molar-refractivity contribution is 6.31. The van der Waals surface area contributed by atoms with Crippen molar-refractivity contribution in [3.63, 3.8) is 0 Å². The van der Waals surface area contributed by atoms with E-state index in [2.05, 4.69) is 9.97 Å². The molecule has 0 saturated heterocycles. The molecule has 3 rings (SSSR count). The molecule has 2 heterocycles. The molecule has 2 aromatic rings. The van der Waals surface area contributed by atoms with Gasteiger partial charge in [0.25, 0.3) is 0 Å². The Hall–Kier alpha value is -2.70. The minimum atomic E-state index is -0.423. The molecule has 0 unspecified atom stereocenters. The van der Waals surface area contributed by atoms with Crippen LogP contribution >= 0.6 is 23.2 Å². The highest BCUT2D eigenvalue weighted by Crippen LogP contribution is 2.18. The Bertz CT molecular complexity index is 911. The molecule has 0 spiro atoms. The van der Waals surface area contributed by atoms with E-state index in [0.29, 0.717) is 34.5 Å². The standard InChI is InChI=1S/C10H11ClN2O2.C9H6ClNO/c1-2-15-10(14)4-3-9-8(12)5-7(11)6-13-9;10-7-3-6-4-8(12)1-2-9(6)11-5-7/h3-6H,2,12H2,1H3;1-3,5H,4H2/b4-3+;. The van der Waals surface area contributed by atoms with E-state index in [1.807, 2.05) is 0 Å². The lowest BCUT2D eigenvalue weighted by Crippen LogP contribution is -2.06. The average Bonchev–Trinajstić information content (AvgIpc) is 2.61. The predicted octanol–water partition coefficient (Wildman–Crippen LogP) is 3.77. The molecule has 6 nitrogen and oxygen atoms in total. The van der Waals surface area contributed by atoms with Gasteiger partial charge in [-0.15, -0.1) is 0 Å². The molecule has 0 fully saturated rings. The molecule has 0 saturated carbocycles. The van der Waals surface area contributed by atoms with E-state index >= 15 is 0 Å². The van der Waals surface area contributed by atoms with Gasteiger partial charge in [0, 0.05) is 24.9 Å². The van der Waals surface area contributed by atoms with Crippen LogP contribution in [0.15, 0.2) is 36.7 Å². The Morgan fingerprint density at radius 2 is 1.93 bits per heavy atom. The van der Waals surface area contributed by atoms with E-state index in [0.717, 1.165) is 11.3 Å². The third-order valence-corrected chi connectivity index (χ3v) is 3.75. The number of nitrogens with zero attached hydrogens (tertiary/aromatic N) is 2. The summed E-state index contributed by atoms with van der Waals surface area (Å²) in [5.74, 6) is -0.319. The number of ether oxygens (including phenoxy) is 1. The number of aromatic nitrogens is 2. The fourth-order valence-corrected chi connectivity index (χ4v) is 2.49. The molecule has 0 atom stereocenters. The van der Waals surface area contributed by atoms with Crippen LogP contribution in [0.2, 0.25) is 10.0 Å². The van der Waals surface area contributed by atoms with Gasteiger partial charge in [0.05, 0.1) is 33.7 Å². The zero-order valence-electron chi connectivity index (χ0n) is 14.5. The topological polar surface area (TPSA) is 95.2 Å². The van der Waals surface area contributed by atoms with Crippen LogP contribution in [0.25, 0.3) is 12.2 Å². The second-order valence-corrected chi connectivity index (χ2v) is 6.26. The number of pyridine rings is 2. The number of nitrogens with two attached hydrogens (primary N) is 1. The van der Waals surface area contributed by atoms with Crippen molar-refractivity contribution in [3.8, 4) is 0 Å².